The van der Waals surface area contributed by atoms with Gasteiger partial charge in [-0.25, -0.2) is 5.21 Å². The van der Waals surface area contributed by atoms with Gasteiger partial charge < -0.3 is 24.8 Å². The summed E-state index contributed by atoms with van der Waals surface area (Å²) in [7, 11) is 0. The summed E-state index contributed by atoms with van der Waals surface area (Å²) in [5.41, 5.74) is 0.831. The lowest BCUT2D eigenvalue weighted by Gasteiger charge is -2.41. The van der Waals surface area contributed by atoms with Gasteiger partial charge in [-0.2, -0.15) is 0 Å². The lowest BCUT2D eigenvalue weighted by molar-refractivity contribution is -0.729. The number of dihydropyridines is 1. The molecule has 2 aliphatic rings. The molecule has 0 radical (unpaired) electrons. The van der Waals surface area contributed by atoms with Crippen LogP contribution in [0.5, 0.6) is 0 Å². The van der Waals surface area contributed by atoms with Crippen molar-refractivity contribution in [3.05, 3.63) is 81.6 Å². The molecular weight excluding hydrogens is 586 g/mol. The molecular formula is C31H38N5O7S+. The average Bonchev–Trinajstić information content (AvgIpc) is 3.54. The van der Waals surface area contributed by atoms with Crippen molar-refractivity contribution < 1.29 is 34.0 Å². The number of carbonyl (C=O) groups excluding carboxylic acids is 4. The minimum atomic E-state index is -1.00. The zero-order valence-corrected chi connectivity index (χ0v) is 25.5. The van der Waals surface area contributed by atoms with Crippen LogP contribution in [0.4, 0.5) is 5.69 Å². The molecule has 0 bridgehead atoms. The van der Waals surface area contributed by atoms with E-state index in [0.717, 1.165) is 10.4 Å². The molecule has 3 amide bonds. The van der Waals surface area contributed by atoms with Gasteiger partial charge in [-0.3, -0.25) is 19.2 Å². The molecule has 1 saturated heterocycles. The van der Waals surface area contributed by atoms with Crippen molar-refractivity contribution in [2.45, 2.75) is 44.7 Å². The van der Waals surface area contributed by atoms with Gasteiger partial charge in [0.05, 0.1) is 24.5 Å². The molecule has 2 N–H and O–H groups in total. The Hall–Kier alpha value is -4.52. The van der Waals surface area contributed by atoms with Gasteiger partial charge in [-0.15, -0.1) is 11.3 Å². The Morgan fingerprint density at radius 3 is 2.59 bits per heavy atom. The molecule has 3 heterocycles. The van der Waals surface area contributed by atoms with Gasteiger partial charge in [0.15, 0.2) is 0 Å². The Labute approximate surface area is 260 Å². The van der Waals surface area contributed by atoms with Gasteiger partial charge in [0.25, 0.3) is 4.92 Å². The van der Waals surface area contributed by atoms with Crippen LogP contribution in [-0.2, 0) is 36.8 Å². The summed E-state index contributed by atoms with van der Waals surface area (Å²) >= 11 is 1.56. The maximum Gasteiger partial charge on any atom is 0.325 e. The van der Waals surface area contributed by atoms with E-state index in [2.05, 4.69) is 5.32 Å². The molecule has 234 valence electrons. The molecule has 1 fully saturated rings. The molecule has 0 aliphatic carbocycles. The second-order valence-electron chi connectivity index (χ2n) is 10.5. The Balaban J connectivity index is 1.50. The smallest absolute Gasteiger partial charge is 0.325 e. The molecule has 2 aliphatic heterocycles. The van der Waals surface area contributed by atoms with Crippen LogP contribution >= 0.6 is 11.3 Å². The van der Waals surface area contributed by atoms with Gasteiger partial charge in [0.1, 0.15) is 12.6 Å². The number of ether oxygens (including phenoxy) is 1. The van der Waals surface area contributed by atoms with Crippen molar-refractivity contribution in [2.24, 2.45) is 0 Å². The van der Waals surface area contributed by atoms with E-state index < -0.39 is 17.9 Å². The number of nitrogens with one attached hydrogen (secondary N) is 1. The number of thiophene rings is 1. The van der Waals surface area contributed by atoms with Gasteiger partial charge >= 0.3 is 11.7 Å². The minimum Gasteiger partial charge on any atom is -0.465 e. The number of allylic oxidation sites excluding steroid dienone is 2. The fraction of sp³-hybridized carbons (Fsp3) is 0.419. The number of carbonyl (C=O) groups is 4. The number of hydrogen-bond acceptors (Lipinski definition) is 8. The first kappa shape index (κ1) is 32.4. The maximum absolute atomic E-state index is 13.8. The Morgan fingerprint density at radius 2 is 1.93 bits per heavy atom. The van der Waals surface area contributed by atoms with E-state index in [1.54, 1.807) is 30.4 Å². The third-order valence-electron chi connectivity index (χ3n) is 7.54. The third-order valence-corrected chi connectivity index (χ3v) is 8.48. The zero-order chi connectivity index (χ0) is 31.5. The molecule has 0 spiro atoms. The summed E-state index contributed by atoms with van der Waals surface area (Å²) in [6, 6.07) is 9.10. The van der Waals surface area contributed by atoms with E-state index in [4.69, 9.17) is 9.94 Å². The summed E-state index contributed by atoms with van der Waals surface area (Å²) in [4.78, 5) is 69.8. The first-order valence-electron chi connectivity index (χ1n) is 14.6. The fourth-order valence-corrected chi connectivity index (χ4v) is 5.87. The monoisotopic (exact) mass is 624 g/mol. The summed E-state index contributed by atoms with van der Waals surface area (Å²) in [5.74, 6) is -1.55. The van der Waals surface area contributed by atoms with E-state index in [-0.39, 0.29) is 61.1 Å². The van der Waals surface area contributed by atoms with Gasteiger partial charge in [-0.1, -0.05) is 30.4 Å². The van der Waals surface area contributed by atoms with E-state index in [0.29, 0.717) is 32.4 Å². The van der Waals surface area contributed by atoms with Gasteiger partial charge in [-0.05, 0) is 55.5 Å². The van der Waals surface area contributed by atoms with E-state index in [1.165, 1.54) is 26.8 Å². The van der Waals surface area contributed by atoms with Crippen molar-refractivity contribution >= 4 is 40.7 Å². The number of hydrogen-bond donors (Lipinski definition) is 2. The predicted octanol–water partition coefficient (Wildman–Crippen LogP) is 2.59. The molecule has 13 heteroatoms. The third kappa shape index (κ3) is 8.99. The lowest BCUT2D eigenvalue weighted by Crippen LogP contribution is -2.61. The molecule has 2 unspecified atom stereocenters. The zero-order valence-electron chi connectivity index (χ0n) is 24.7. The normalized spacial score (nSPS) is 17.8. The van der Waals surface area contributed by atoms with E-state index in [9.17, 15) is 24.1 Å². The number of benzene rings is 1. The van der Waals surface area contributed by atoms with Crippen LogP contribution in [0.15, 0.2) is 66.2 Å². The van der Waals surface area contributed by atoms with Crippen molar-refractivity contribution in [3.63, 3.8) is 0 Å². The summed E-state index contributed by atoms with van der Waals surface area (Å²) < 4.78 is 5.10. The van der Waals surface area contributed by atoms with E-state index in [1.807, 2.05) is 41.9 Å². The highest BCUT2D eigenvalue weighted by atomic mass is 32.1. The first-order chi connectivity index (χ1) is 21.2. The molecule has 2 aromatic rings. The van der Waals surface area contributed by atoms with Crippen LogP contribution in [0.2, 0.25) is 0 Å². The molecule has 44 heavy (non-hydrogen) atoms. The number of esters is 1. The number of nitrogens with zero attached hydrogens (tertiary/aromatic N) is 4. The van der Waals surface area contributed by atoms with E-state index >= 15 is 0 Å². The Bertz CT molecular complexity index is 1380. The van der Waals surface area contributed by atoms with Crippen LogP contribution in [-0.4, -0.2) is 99.9 Å². The highest BCUT2D eigenvalue weighted by Gasteiger charge is 2.41. The lowest BCUT2D eigenvalue weighted by atomic mass is 10.0. The summed E-state index contributed by atoms with van der Waals surface area (Å²) in [5, 5.41) is 14.3. The van der Waals surface area contributed by atoms with Gasteiger partial charge in [0.2, 0.25) is 17.7 Å². The summed E-state index contributed by atoms with van der Waals surface area (Å²) in [6.07, 6.45) is 8.86. The average molecular weight is 625 g/mol. The number of piperazine rings is 1. The second kappa shape index (κ2) is 15.8. The largest absolute Gasteiger partial charge is 0.465 e. The van der Waals surface area contributed by atoms with Crippen LogP contribution in [0.1, 0.15) is 30.2 Å². The summed E-state index contributed by atoms with van der Waals surface area (Å²) in [6.45, 7) is 2.23. The standard InChI is InChI=1S/C31H38N5O7S/c1-2-43-30(39)22-33(16-12-23-8-10-25(11-9-23)36(41)42)28(37)20-27-31(40)34(17-13-24-6-3-4-15-32-24)21-29(38)35(27)18-14-26-7-5-19-44-26/h3-11,15,19,24,27,32H,2,12-14,16-18,20-22H2,1H3,(H,41,42)/q+1. The van der Waals surface area contributed by atoms with Crippen molar-refractivity contribution in [1.29, 1.82) is 0 Å². The maximum atomic E-state index is 13.8. The van der Waals surface area contributed by atoms with Crippen LogP contribution in [0.25, 0.3) is 0 Å². The topological polar surface area (TPSA) is 140 Å². The molecule has 0 saturated carbocycles. The quantitative estimate of drug-likeness (QED) is 0.228. The van der Waals surface area contributed by atoms with Crippen molar-refractivity contribution in [2.75, 3.05) is 39.3 Å². The van der Waals surface area contributed by atoms with Crippen LogP contribution in [0, 0.1) is 4.91 Å². The van der Waals surface area contributed by atoms with Crippen LogP contribution in [0.3, 0.4) is 0 Å². The first-order valence-corrected chi connectivity index (χ1v) is 15.5. The molecule has 12 nitrogen and oxygen atoms in total. The highest BCUT2D eigenvalue weighted by Crippen LogP contribution is 2.21. The minimum absolute atomic E-state index is 0.0306. The number of rotatable bonds is 15. The second-order valence-corrected chi connectivity index (χ2v) is 11.5. The number of amides is 3. The molecule has 1 aromatic heterocycles. The molecule has 4 rings (SSSR count). The molecule has 1 aromatic carbocycles. The van der Waals surface area contributed by atoms with Crippen LogP contribution < -0.4 is 5.32 Å². The van der Waals surface area contributed by atoms with Crippen molar-refractivity contribution in [1.82, 2.24) is 20.0 Å². The fourth-order valence-electron chi connectivity index (χ4n) is 5.17. The highest BCUT2D eigenvalue weighted by molar-refractivity contribution is 7.09. The predicted molar refractivity (Wildman–Crippen MR) is 163 cm³/mol. The SMILES string of the molecule is CCOC(=O)CN(CCc1ccc([N+](=O)O)cc1)C(=O)CC1C(=O)N(CCC2C=CC=CN2)CC(=O)N1CCc1cccs1. The Kier molecular flexibility index (Phi) is 11.6. The van der Waals surface area contributed by atoms with Gasteiger partial charge in [0, 0.05) is 42.7 Å². The van der Waals surface area contributed by atoms with Crippen molar-refractivity contribution in [3.8, 4) is 0 Å². The molecule has 2 atom stereocenters. The Morgan fingerprint density at radius 1 is 1.14 bits per heavy atom.